The predicted molar refractivity (Wildman–Crippen MR) is 139 cm³/mol. The van der Waals surface area contributed by atoms with Crippen LogP contribution in [0.1, 0.15) is 49.3 Å². The summed E-state index contributed by atoms with van der Waals surface area (Å²) in [5.41, 5.74) is 1.38. The highest BCUT2D eigenvalue weighted by Crippen LogP contribution is 2.47. The molecule has 1 aliphatic carbocycles. The number of hydrogen-bond donors (Lipinski definition) is 2. The van der Waals surface area contributed by atoms with E-state index in [2.05, 4.69) is 33.2 Å². The molecule has 7 nitrogen and oxygen atoms in total. The number of pyridine rings is 2. The van der Waals surface area contributed by atoms with Gasteiger partial charge in [-0.1, -0.05) is 11.6 Å². The quantitative estimate of drug-likeness (QED) is 0.511. The number of nitrogens with one attached hydrogen (secondary N) is 1. The number of aliphatic hydroxyl groups excluding tert-OH is 1. The van der Waals surface area contributed by atoms with E-state index in [1.54, 1.807) is 6.20 Å². The number of anilines is 1. The van der Waals surface area contributed by atoms with E-state index in [1.165, 1.54) is 18.3 Å². The minimum atomic E-state index is -0.467. The molecule has 0 spiro atoms. The van der Waals surface area contributed by atoms with Crippen molar-refractivity contribution >= 4 is 34.1 Å². The second kappa shape index (κ2) is 9.58. The van der Waals surface area contributed by atoms with E-state index >= 15 is 0 Å². The molecule has 1 amide bonds. The fraction of sp³-hybridized carbons (Fsp3) is 0.464. The van der Waals surface area contributed by atoms with Crippen LogP contribution in [0, 0.1) is 11.7 Å². The number of likely N-dealkylation sites (tertiary alicyclic amines) is 1. The number of amides is 1. The van der Waals surface area contributed by atoms with Crippen molar-refractivity contribution in [3.63, 3.8) is 0 Å². The average Bonchev–Trinajstić information content (AvgIpc) is 3.63. The number of carbonyl (C=O) groups is 1. The number of piperidine rings is 1. The third-order valence-corrected chi connectivity index (χ3v) is 8.71. The number of aromatic nitrogens is 2. The van der Waals surface area contributed by atoms with E-state index < -0.39 is 6.10 Å². The zero-order valence-electron chi connectivity index (χ0n) is 20.7. The molecule has 2 aliphatic heterocycles. The Morgan fingerprint density at radius 2 is 2.03 bits per heavy atom. The first-order valence-electron chi connectivity index (χ1n) is 12.8. The molecule has 3 aliphatic rings. The first kappa shape index (κ1) is 24.7. The molecule has 1 aromatic carbocycles. The summed E-state index contributed by atoms with van der Waals surface area (Å²) in [5, 5.41) is 15.9. The molecule has 4 heterocycles. The van der Waals surface area contributed by atoms with Crippen molar-refractivity contribution in [2.75, 3.05) is 31.6 Å². The number of carbonyl (C=O) groups excluding carboxylic acids is 1. The van der Waals surface area contributed by atoms with E-state index in [9.17, 15) is 14.3 Å². The SMILES string of the molecule is C[C@]1(N2CCC(c3cc4cc(NC(=O)[C@@H]5C[C@H]5c5cc(F)ccn5)ncc4cc3Cl)CC2)COC[C@H]1O. The number of aliphatic hydroxyl groups is 1. The summed E-state index contributed by atoms with van der Waals surface area (Å²) in [6.07, 6.45) is 5.23. The molecule has 2 N–H and O–H groups in total. The van der Waals surface area contributed by atoms with Crippen molar-refractivity contribution in [3.8, 4) is 0 Å². The zero-order valence-corrected chi connectivity index (χ0v) is 21.4. The fourth-order valence-corrected chi connectivity index (χ4v) is 6.20. The van der Waals surface area contributed by atoms with E-state index in [-0.39, 0.29) is 29.1 Å². The molecule has 0 bridgehead atoms. The Labute approximate surface area is 220 Å². The van der Waals surface area contributed by atoms with Crippen LogP contribution in [0.5, 0.6) is 0 Å². The number of fused-ring (bicyclic) bond motifs is 1. The minimum Gasteiger partial charge on any atom is -0.389 e. The van der Waals surface area contributed by atoms with E-state index in [4.69, 9.17) is 16.3 Å². The van der Waals surface area contributed by atoms with Crippen molar-refractivity contribution in [2.24, 2.45) is 5.92 Å². The van der Waals surface area contributed by atoms with E-state index in [0.717, 1.165) is 47.3 Å². The third kappa shape index (κ3) is 4.72. The second-order valence-electron chi connectivity index (χ2n) is 10.8. The molecule has 4 atom stereocenters. The van der Waals surface area contributed by atoms with Crippen LogP contribution >= 0.6 is 11.6 Å². The highest BCUT2D eigenvalue weighted by Gasteiger charge is 2.46. The number of hydrogen-bond acceptors (Lipinski definition) is 6. The van der Waals surface area contributed by atoms with Crippen LogP contribution < -0.4 is 5.32 Å². The molecule has 37 heavy (non-hydrogen) atoms. The maximum absolute atomic E-state index is 13.5. The lowest BCUT2D eigenvalue weighted by Crippen LogP contribution is -2.56. The van der Waals surface area contributed by atoms with Gasteiger partial charge in [0.15, 0.2) is 0 Å². The van der Waals surface area contributed by atoms with Gasteiger partial charge in [-0.15, -0.1) is 0 Å². The zero-order chi connectivity index (χ0) is 25.7. The van der Waals surface area contributed by atoms with Crippen LogP contribution in [0.15, 0.2) is 42.7 Å². The molecule has 3 aromatic rings. The highest BCUT2D eigenvalue weighted by atomic mass is 35.5. The predicted octanol–water partition coefficient (Wildman–Crippen LogP) is 4.49. The lowest BCUT2D eigenvalue weighted by atomic mass is 9.85. The van der Waals surface area contributed by atoms with Crippen LogP contribution in [0.4, 0.5) is 10.2 Å². The Balaban J connectivity index is 1.14. The maximum atomic E-state index is 13.5. The van der Waals surface area contributed by atoms with Gasteiger partial charge >= 0.3 is 0 Å². The molecular formula is C28H30ClFN4O3. The van der Waals surface area contributed by atoms with Crippen molar-refractivity contribution in [3.05, 3.63) is 64.8 Å². The standard InChI is InChI=1S/C28H30ClFN4O3/c1-28(15-37-14-25(28)35)34-6-3-16(4-7-34)20-8-17-10-26(32-13-18(17)9-23(20)29)33-27(36)22-12-21(22)24-11-19(30)2-5-31-24/h2,5,8-11,13,16,21-22,25,35H,3-4,6-7,12,14-15H2,1H3,(H,32,33,36)/t21-,22-,25-,28+/m1/s1. The summed E-state index contributed by atoms with van der Waals surface area (Å²) in [5.74, 6) is 0.0350. The largest absolute Gasteiger partial charge is 0.389 e. The maximum Gasteiger partial charge on any atom is 0.229 e. The topological polar surface area (TPSA) is 87.6 Å². The third-order valence-electron chi connectivity index (χ3n) is 8.38. The van der Waals surface area contributed by atoms with Crippen molar-refractivity contribution in [1.82, 2.24) is 14.9 Å². The monoisotopic (exact) mass is 524 g/mol. The molecule has 1 saturated carbocycles. The smallest absolute Gasteiger partial charge is 0.229 e. The average molecular weight is 525 g/mol. The number of benzene rings is 1. The van der Waals surface area contributed by atoms with Gasteiger partial charge in [0.05, 0.1) is 24.9 Å². The summed E-state index contributed by atoms with van der Waals surface area (Å²) < 4.78 is 19.0. The van der Waals surface area contributed by atoms with Gasteiger partial charge < -0.3 is 15.2 Å². The van der Waals surface area contributed by atoms with Gasteiger partial charge in [0, 0.05) is 40.3 Å². The molecule has 194 valence electrons. The molecule has 2 saturated heterocycles. The molecule has 0 radical (unpaired) electrons. The van der Waals surface area contributed by atoms with Gasteiger partial charge in [0.25, 0.3) is 0 Å². The number of halogens is 2. The number of nitrogens with zero attached hydrogens (tertiary/aromatic N) is 3. The summed E-state index contributed by atoms with van der Waals surface area (Å²) in [7, 11) is 0. The first-order valence-corrected chi connectivity index (χ1v) is 13.2. The fourth-order valence-electron chi connectivity index (χ4n) is 5.88. The van der Waals surface area contributed by atoms with Crippen LogP contribution in [-0.2, 0) is 9.53 Å². The summed E-state index contributed by atoms with van der Waals surface area (Å²) in [6, 6.07) is 8.64. The van der Waals surface area contributed by atoms with Crippen LogP contribution in [-0.4, -0.2) is 63.8 Å². The van der Waals surface area contributed by atoms with Gasteiger partial charge in [0.1, 0.15) is 11.6 Å². The van der Waals surface area contributed by atoms with Gasteiger partial charge in [-0.05, 0) is 86.5 Å². The highest BCUT2D eigenvalue weighted by molar-refractivity contribution is 6.32. The number of ether oxygens (including phenoxy) is 1. The lowest BCUT2D eigenvalue weighted by Gasteiger charge is -2.43. The van der Waals surface area contributed by atoms with Crippen LogP contribution in [0.3, 0.4) is 0 Å². The first-order chi connectivity index (χ1) is 17.8. The Morgan fingerprint density at radius 1 is 1.22 bits per heavy atom. The van der Waals surface area contributed by atoms with Crippen LogP contribution in [0.25, 0.3) is 10.8 Å². The number of rotatable bonds is 5. The molecular weight excluding hydrogens is 495 g/mol. The van der Waals surface area contributed by atoms with Crippen molar-refractivity contribution in [2.45, 2.75) is 49.7 Å². The van der Waals surface area contributed by atoms with Gasteiger partial charge in [-0.2, -0.15) is 0 Å². The van der Waals surface area contributed by atoms with Crippen molar-refractivity contribution < 1.29 is 19.0 Å². The van der Waals surface area contributed by atoms with Gasteiger partial charge in [-0.3, -0.25) is 14.7 Å². The van der Waals surface area contributed by atoms with Gasteiger partial charge in [-0.25, -0.2) is 9.37 Å². The Morgan fingerprint density at radius 3 is 2.76 bits per heavy atom. The van der Waals surface area contributed by atoms with Gasteiger partial charge in [0.2, 0.25) is 5.91 Å². The summed E-state index contributed by atoms with van der Waals surface area (Å²) >= 11 is 6.71. The molecule has 2 aromatic heterocycles. The molecule has 9 heteroatoms. The normalized spacial score (nSPS) is 28.5. The summed E-state index contributed by atoms with van der Waals surface area (Å²) in [6.45, 7) is 4.77. The Hall–Kier alpha value is -2.65. The van der Waals surface area contributed by atoms with Crippen molar-refractivity contribution in [1.29, 1.82) is 0 Å². The van der Waals surface area contributed by atoms with E-state index in [0.29, 0.717) is 37.1 Å². The Bertz CT molecular complexity index is 1350. The summed E-state index contributed by atoms with van der Waals surface area (Å²) in [4.78, 5) is 23.8. The lowest BCUT2D eigenvalue weighted by molar-refractivity contribution is -0.117. The molecule has 0 unspecified atom stereocenters. The minimum absolute atomic E-state index is 0.0633. The van der Waals surface area contributed by atoms with E-state index in [1.807, 2.05) is 12.1 Å². The molecule has 6 rings (SSSR count). The van der Waals surface area contributed by atoms with Crippen LogP contribution in [0.2, 0.25) is 5.02 Å². The Kier molecular flexibility index (Phi) is 6.39. The molecule has 3 fully saturated rings. The second-order valence-corrected chi connectivity index (χ2v) is 11.2.